The Balaban J connectivity index is 0.000000149. The Bertz CT molecular complexity index is 5620. The van der Waals surface area contributed by atoms with Crippen LogP contribution in [0.3, 0.4) is 0 Å². The van der Waals surface area contributed by atoms with Gasteiger partial charge in [0.25, 0.3) is 23.6 Å². The van der Waals surface area contributed by atoms with Crippen molar-refractivity contribution in [1.29, 1.82) is 0 Å². The highest BCUT2D eigenvalue weighted by atomic mass is 35.5. The number of nitrogens with two attached hydrogens (primary N) is 4. The second kappa shape index (κ2) is 43.0. The van der Waals surface area contributed by atoms with Crippen LogP contribution in [0, 0.1) is 69.7 Å². The van der Waals surface area contributed by atoms with Gasteiger partial charge in [-0.25, -0.2) is 40.8 Å². The molecule has 8 aliphatic carbocycles. The van der Waals surface area contributed by atoms with Crippen molar-refractivity contribution < 1.29 is 38.4 Å². The van der Waals surface area contributed by atoms with Crippen LogP contribution in [0.5, 0.6) is 0 Å². The molecular weight excluding hydrogens is 1680 g/mol. The van der Waals surface area contributed by atoms with Gasteiger partial charge in [0.05, 0.1) is 19.7 Å². The maximum absolute atomic E-state index is 12.2. The number of hydrogen-bond acceptors (Lipinski definition) is 16. The van der Waals surface area contributed by atoms with Crippen LogP contribution >= 0.6 is 11.6 Å². The number of aromatic nitrogens is 8. The van der Waals surface area contributed by atoms with Gasteiger partial charge in [-0.2, -0.15) is 20.4 Å². The first kappa shape index (κ1) is 94.6. The maximum Gasteiger partial charge on any atom is 0.254 e. The summed E-state index contributed by atoms with van der Waals surface area (Å²) in [6, 6.07) is 31.6. The molecule has 8 saturated carbocycles. The zero-order valence-electron chi connectivity index (χ0n) is 73.0. The van der Waals surface area contributed by atoms with Crippen LogP contribution in [0.4, 0.5) is 40.3 Å². The first-order valence-electron chi connectivity index (χ1n) is 44.5. The minimum absolute atomic E-state index is 0.0137. The lowest BCUT2D eigenvalue weighted by atomic mass is 9.79. The molecule has 4 heterocycles. The second-order valence-corrected chi connectivity index (χ2v) is 36.0. The quantitative estimate of drug-likeness (QED) is 0.0174. The van der Waals surface area contributed by atoms with Crippen LogP contribution in [-0.2, 0) is 67.5 Å². The lowest BCUT2D eigenvalue weighted by molar-refractivity contribution is -0.118. The lowest BCUT2D eigenvalue weighted by Crippen LogP contribution is -2.45. The highest BCUT2D eigenvalue weighted by Gasteiger charge is 2.47. The average molecular weight is 1790 g/mol. The van der Waals surface area contributed by atoms with E-state index >= 15 is 0 Å². The number of anilines is 4. The van der Waals surface area contributed by atoms with Crippen molar-refractivity contribution in [3.63, 3.8) is 0 Å². The Morgan fingerprint density at radius 3 is 0.786 bits per heavy atom. The highest BCUT2D eigenvalue weighted by Crippen LogP contribution is 2.43. The van der Waals surface area contributed by atoms with E-state index in [-0.39, 0.29) is 125 Å². The topological polar surface area (TPSA) is 439 Å². The molecule has 4 aromatic carbocycles. The number of carbonyl (C=O) groups is 8. The number of amides is 8. The Morgan fingerprint density at radius 1 is 0.328 bits per heavy atom. The molecule has 36 heteroatoms. The van der Waals surface area contributed by atoms with Crippen LogP contribution in [-0.4, -0.2) is 137 Å². The largest absolute Gasteiger partial charge is 0.365 e. The zero-order chi connectivity index (χ0) is 93.0. The number of halogens is 1. The van der Waals surface area contributed by atoms with Gasteiger partial charge in [-0.3, -0.25) is 57.1 Å². The summed E-state index contributed by atoms with van der Waals surface area (Å²) in [5.74, 6) is -2.47. The number of nitrogens with one attached hydrogen (secondary N) is 8. The Labute approximate surface area is 765 Å². The Hall–Kier alpha value is -14.0. The standard InChI is InChI=1S/3C24H27N7O2.C23H27ClN6O2/c2*1-26-15-24(31-14-20(21(25)32)22(30-31)29-23(33)17-5-6-17)11-9-19(10-12-24)28-13-16-3-7-18(27-2)8-4-16;1-26-15-24(31-14-20(21(25)32)22(30-31)29-23(33)17-6-7-17)10-8-18(9-11-24)28-13-16-4-3-5-19(12-16)27-2;1-26-14-23(10-8-18(9-11-23)27-12-15-2-6-17(24)7-3-15)30-13-19(20(25)31)21(29-30)28-22(32)16-4-5-16/h2*3-4,7-8,14,17,19,28H,5-6,9-13,15H2,(H2,25,32)(H,29,30,33);3-5,12,14,17-18,28H,6-11,13,15H2,(H2,25,32)(H,29,30,33);2-3,6-7,13,16,18,27H,4-5,8-12,14H2,(H2,25,31)(H,28,29,32). The molecule has 131 heavy (non-hydrogen) atoms. The normalized spacial score (nSPS) is 22.3. The number of carbonyl (C=O) groups excluding carboxylic acids is 8. The van der Waals surface area contributed by atoms with E-state index < -0.39 is 45.8 Å². The second-order valence-electron chi connectivity index (χ2n) is 35.6. The predicted octanol–water partition coefficient (Wildman–Crippen LogP) is 13.0. The molecule has 678 valence electrons. The van der Waals surface area contributed by atoms with Gasteiger partial charge in [0.15, 0.2) is 40.3 Å². The average Bonchev–Trinajstić information content (AvgIpc) is 1.66. The summed E-state index contributed by atoms with van der Waals surface area (Å²) in [5, 5.41) is 44.1. The molecule has 35 nitrogen and oxygen atoms in total. The third-order valence-corrected chi connectivity index (χ3v) is 26.5. The van der Waals surface area contributed by atoms with Gasteiger partial charge < -0.3 is 84.8 Å². The molecule has 16 rings (SSSR count). The molecule has 0 aliphatic heterocycles. The fourth-order valence-corrected chi connectivity index (χ4v) is 17.6. The van der Waals surface area contributed by atoms with Crippen molar-refractivity contribution in [3.05, 3.63) is 251 Å². The molecular formula is C95H108ClN27O8. The summed E-state index contributed by atoms with van der Waals surface area (Å²) in [7, 11) is 0. The SMILES string of the molecule is [C-]#[N+]CC1(n2cc(C(N)=O)c(NC(=O)C3CC3)n2)CCC(NCc2ccc(Cl)cc2)CC1.[C-]#[N+]CC1(n2cc(C(N)=O)c(NC(=O)C3CC3)n2)CCC(NCc2ccc([N+]#[C-])cc2)CC1.[C-]#[N+]CC1(n2cc(C(N)=O)c(NC(=O)C3CC3)n2)CCC(NCc2ccc([N+]#[C-])cc2)CC1.[C-]#[N+]CC1(n2cc(C(N)=O)c(NC(=O)C3CC3)n2)CCC(NCc2cccc([N+]#[C-])c2)CC1. The summed E-state index contributed by atoms with van der Waals surface area (Å²) >= 11 is 5.95. The maximum atomic E-state index is 12.2. The summed E-state index contributed by atoms with van der Waals surface area (Å²) in [4.78, 5) is 122. The van der Waals surface area contributed by atoms with Gasteiger partial charge in [0.1, 0.15) is 44.4 Å². The molecule has 0 atom stereocenters. The highest BCUT2D eigenvalue weighted by molar-refractivity contribution is 6.30. The van der Waals surface area contributed by atoms with E-state index in [9.17, 15) is 38.4 Å². The van der Waals surface area contributed by atoms with Crippen molar-refractivity contribution in [1.82, 2.24) is 60.4 Å². The molecule has 0 radical (unpaired) electrons. The van der Waals surface area contributed by atoms with E-state index in [1.54, 1.807) is 49.6 Å². The molecule has 8 aliphatic rings. The number of rotatable bonds is 32. The van der Waals surface area contributed by atoms with Crippen molar-refractivity contribution >= 4 is 99.2 Å². The summed E-state index contributed by atoms with van der Waals surface area (Å²) in [6.07, 6.45) is 25.8. The number of primary amides is 4. The van der Waals surface area contributed by atoms with Gasteiger partial charge >= 0.3 is 0 Å². The van der Waals surface area contributed by atoms with Crippen molar-refractivity contribution in [3.8, 4) is 0 Å². The molecule has 8 aromatic rings. The third kappa shape index (κ3) is 24.5. The lowest BCUT2D eigenvalue weighted by Gasteiger charge is -2.37. The Morgan fingerprint density at radius 2 is 0.565 bits per heavy atom. The Kier molecular flexibility index (Phi) is 31.0. The van der Waals surface area contributed by atoms with Crippen LogP contribution in [0.2, 0.25) is 5.02 Å². The molecule has 8 fully saturated rings. The number of hydrogen-bond donors (Lipinski definition) is 12. The van der Waals surface area contributed by atoms with E-state index in [1.165, 1.54) is 5.56 Å². The van der Waals surface area contributed by atoms with Gasteiger partial charge in [0, 0.05) is 104 Å². The summed E-state index contributed by atoms with van der Waals surface area (Å²) < 4.78 is 6.76. The number of nitrogens with zero attached hydrogens (tertiary/aromatic N) is 15. The molecule has 4 aromatic heterocycles. The molecule has 16 N–H and O–H groups in total. The van der Waals surface area contributed by atoms with Crippen LogP contribution in [0.1, 0.15) is 218 Å². The molecule has 0 spiro atoms. The fraction of sp³-hybridized carbons (Fsp3) is 0.463. The molecule has 8 amide bonds. The van der Waals surface area contributed by atoms with E-state index in [0.29, 0.717) is 67.7 Å². The minimum Gasteiger partial charge on any atom is -0.365 e. The monoisotopic (exact) mass is 1790 g/mol. The van der Waals surface area contributed by atoms with E-state index in [4.69, 9.17) is 80.5 Å². The van der Waals surface area contributed by atoms with E-state index in [0.717, 1.165) is 170 Å². The van der Waals surface area contributed by atoms with Crippen molar-refractivity contribution in [2.24, 2.45) is 46.6 Å². The first-order chi connectivity index (χ1) is 63.2. The van der Waals surface area contributed by atoms with Crippen LogP contribution in [0.15, 0.2) is 122 Å². The zero-order valence-corrected chi connectivity index (χ0v) is 73.7. The first-order valence-corrected chi connectivity index (χ1v) is 44.8. The minimum atomic E-state index is -0.651. The predicted molar refractivity (Wildman–Crippen MR) is 492 cm³/mol. The van der Waals surface area contributed by atoms with Crippen LogP contribution < -0.4 is 65.5 Å². The third-order valence-electron chi connectivity index (χ3n) is 26.2. The summed E-state index contributed by atoms with van der Waals surface area (Å²) in [6.45, 7) is 55.1. The molecule has 0 bridgehead atoms. The van der Waals surface area contributed by atoms with Crippen molar-refractivity contribution in [2.75, 3.05) is 47.4 Å². The van der Waals surface area contributed by atoms with Gasteiger partial charge in [-0.05, 0) is 188 Å². The van der Waals surface area contributed by atoms with Crippen LogP contribution in [0.25, 0.3) is 33.9 Å². The van der Waals surface area contributed by atoms with Gasteiger partial charge in [-0.15, -0.1) is 0 Å². The van der Waals surface area contributed by atoms with Crippen molar-refractivity contribution in [2.45, 2.75) is 227 Å². The molecule has 0 saturated heterocycles. The number of benzene rings is 4. The van der Waals surface area contributed by atoms with E-state index in [1.807, 2.05) is 91.0 Å². The van der Waals surface area contributed by atoms with Gasteiger partial charge in [0.2, 0.25) is 49.8 Å². The fourth-order valence-electron chi connectivity index (χ4n) is 17.4. The van der Waals surface area contributed by atoms with E-state index in [2.05, 4.69) is 96.8 Å². The summed E-state index contributed by atoms with van der Waals surface area (Å²) in [5.41, 5.74) is 27.1. The molecule has 0 unspecified atom stereocenters. The van der Waals surface area contributed by atoms with Gasteiger partial charge in [-0.1, -0.05) is 96.5 Å². The smallest absolute Gasteiger partial charge is 0.254 e.